The van der Waals surface area contributed by atoms with Crippen molar-refractivity contribution < 1.29 is 5.11 Å². The maximum absolute atomic E-state index is 8.54. The number of aliphatic hydroxyl groups excluding tert-OH is 1. The molecule has 4 heteroatoms. The minimum atomic E-state index is -0.0554. The lowest BCUT2D eigenvalue weighted by Gasteiger charge is -2.16. The molecule has 15 heavy (non-hydrogen) atoms. The SMILES string of the molecule is CCCCN(C=N/C(C)=C/NCO)CC. The summed E-state index contributed by atoms with van der Waals surface area (Å²) < 4.78 is 0. The third kappa shape index (κ3) is 8.00. The van der Waals surface area contributed by atoms with E-state index < -0.39 is 0 Å². The average Bonchev–Trinajstić information content (AvgIpc) is 2.26. The van der Waals surface area contributed by atoms with Crippen LogP contribution >= 0.6 is 0 Å². The smallest absolute Gasteiger partial charge is 0.112 e. The van der Waals surface area contributed by atoms with Gasteiger partial charge in [-0.3, -0.25) is 0 Å². The van der Waals surface area contributed by atoms with E-state index in [0.717, 1.165) is 18.8 Å². The van der Waals surface area contributed by atoms with Crippen LogP contribution in [0.2, 0.25) is 0 Å². The molecule has 0 aliphatic carbocycles. The molecule has 0 fully saturated rings. The monoisotopic (exact) mass is 213 g/mol. The van der Waals surface area contributed by atoms with Gasteiger partial charge in [0.05, 0.1) is 12.0 Å². The Morgan fingerprint density at radius 1 is 1.47 bits per heavy atom. The van der Waals surface area contributed by atoms with Crippen molar-refractivity contribution in [2.75, 3.05) is 19.8 Å². The number of rotatable bonds is 8. The van der Waals surface area contributed by atoms with Crippen LogP contribution in [0.1, 0.15) is 33.6 Å². The summed E-state index contributed by atoms with van der Waals surface area (Å²) in [5.41, 5.74) is 0.860. The molecule has 0 amide bonds. The van der Waals surface area contributed by atoms with Crippen LogP contribution in [0.3, 0.4) is 0 Å². The Balaban J connectivity index is 3.97. The first-order valence-corrected chi connectivity index (χ1v) is 5.53. The summed E-state index contributed by atoms with van der Waals surface area (Å²) in [5, 5.41) is 11.2. The lowest BCUT2D eigenvalue weighted by atomic mass is 10.3. The molecule has 0 aromatic rings. The summed E-state index contributed by atoms with van der Waals surface area (Å²) in [6.45, 7) is 8.17. The Labute approximate surface area is 92.7 Å². The molecule has 0 atom stereocenters. The quantitative estimate of drug-likeness (QED) is 0.365. The van der Waals surface area contributed by atoms with Gasteiger partial charge in [0.15, 0.2) is 0 Å². The zero-order valence-electron chi connectivity index (χ0n) is 10.0. The minimum absolute atomic E-state index is 0.0554. The van der Waals surface area contributed by atoms with Gasteiger partial charge in [-0.1, -0.05) is 13.3 Å². The van der Waals surface area contributed by atoms with Gasteiger partial charge in [0.25, 0.3) is 0 Å². The third-order valence-corrected chi connectivity index (χ3v) is 2.03. The van der Waals surface area contributed by atoms with Crippen LogP contribution in [0.5, 0.6) is 0 Å². The Hall–Kier alpha value is -1.03. The van der Waals surface area contributed by atoms with Crippen molar-refractivity contribution >= 4 is 6.34 Å². The van der Waals surface area contributed by atoms with Crippen molar-refractivity contribution in [2.45, 2.75) is 33.6 Å². The first-order valence-electron chi connectivity index (χ1n) is 5.53. The van der Waals surface area contributed by atoms with E-state index in [1.807, 2.05) is 13.3 Å². The predicted octanol–water partition coefficient (Wildman–Crippen LogP) is 1.54. The summed E-state index contributed by atoms with van der Waals surface area (Å²) >= 11 is 0. The molecule has 0 radical (unpaired) electrons. The number of nitrogens with zero attached hydrogens (tertiary/aromatic N) is 2. The fraction of sp³-hybridized carbons (Fsp3) is 0.727. The molecule has 0 spiro atoms. The van der Waals surface area contributed by atoms with Crippen LogP contribution in [0.4, 0.5) is 0 Å². The van der Waals surface area contributed by atoms with Gasteiger partial charge in [-0.2, -0.15) is 0 Å². The molecule has 0 saturated heterocycles. The second-order valence-electron chi connectivity index (χ2n) is 3.37. The molecule has 2 N–H and O–H groups in total. The van der Waals surface area contributed by atoms with Gasteiger partial charge in [0, 0.05) is 19.3 Å². The highest BCUT2D eigenvalue weighted by molar-refractivity contribution is 5.56. The molecule has 4 nitrogen and oxygen atoms in total. The number of aliphatic hydroxyl groups is 1. The molecule has 0 aliphatic heterocycles. The van der Waals surface area contributed by atoms with Crippen LogP contribution in [-0.4, -0.2) is 36.2 Å². The zero-order chi connectivity index (χ0) is 11.5. The van der Waals surface area contributed by atoms with Gasteiger partial charge in [-0.05, 0) is 20.3 Å². The van der Waals surface area contributed by atoms with Crippen LogP contribution < -0.4 is 5.32 Å². The standard InChI is InChI=1S/C11H23N3O/c1-4-6-7-14(5-2)9-13-11(3)8-12-10-15/h8-9,12,15H,4-7,10H2,1-3H3/b11-8+,13-9?. The van der Waals surface area contributed by atoms with Crippen LogP contribution in [0, 0.1) is 0 Å². The van der Waals surface area contributed by atoms with E-state index in [1.165, 1.54) is 12.8 Å². The van der Waals surface area contributed by atoms with E-state index in [0.29, 0.717) is 0 Å². The largest absolute Gasteiger partial charge is 0.377 e. The van der Waals surface area contributed by atoms with Gasteiger partial charge in [-0.15, -0.1) is 0 Å². The topological polar surface area (TPSA) is 47.9 Å². The number of unbranched alkanes of at least 4 members (excludes halogenated alkanes) is 1. The summed E-state index contributed by atoms with van der Waals surface area (Å²) in [4.78, 5) is 6.45. The molecule has 0 rings (SSSR count). The summed E-state index contributed by atoms with van der Waals surface area (Å²) in [6.07, 6.45) is 5.95. The fourth-order valence-corrected chi connectivity index (χ4v) is 1.06. The molecule has 0 aromatic carbocycles. The van der Waals surface area contributed by atoms with Gasteiger partial charge in [0.2, 0.25) is 0 Å². The number of nitrogens with one attached hydrogen (secondary N) is 1. The van der Waals surface area contributed by atoms with Gasteiger partial charge < -0.3 is 15.3 Å². The van der Waals surface area contributed by atoms with E-state index in [4.69, 9.17) is 5.11 Å². The molecular formula is C11H23N3O. The van der Waals surface area contributed by atoms with E-state index >= 15 is 0 Å². The lowest BCUT2D eigenvalue weighted by Crippen LogP contribution is -2.22. The number of aliphatic imine (C=N–C) groups is 1. The average molecular weight is 213 g/mol. The molecule has 88 valence electrons. The van der Waals surface area contributed by atoms with Crippen LogP contribution in [0.25, 0.3) is 0 Å². The van der Waals surface area contributed by atoms with Crippen molar-refractivity contribution in [2.24, 2.45) is 4.99 Å². The van der Waals surface area contributed by atoms with Crippen LogP contribution in [-0.2, 0) is 0 Å². The van der Waals surface area contributed by atoms with E-state index in [2.05, 4.69) is 29.1 Å². The molecule has 0 aliphatic rings. The lowest BCUT2D eigenvalue weighted by molar-refractivity contribution is 0.279. The molecular weight excluding hydrogens is 190 g/mol. The normalized spacial score (nSPS) is 12.1. The second-order valence-corrected chi connectivity index (χ2v) is 3.37. The Bertz CT molecular complexity index is 202. The number of hydrogen-bond donors (Lipinski definition) is 2. The Kier molecular flexibility index (Phi) is 8.87. The van der Waals surface area contributed by atoms with Crippen molar-refractivity contribution in [3.05, 3.63) is 11.9 Å². The van der Waals surface area contributed by atoms with Crippen LogP contribution in [0.15, 0.2) is 16.9 Å². The van der Waals surface area contributed by atoms with E-state index in [9.17, 15) is 0 Å². The molecule has 0 aromatic heterocycles. The van der Waals surface area contributed by atoms with Crippen molar-refractivity contribution in [3.8, 4) is 0 Å². The Morgan fingerprint density at radius 3 is 2.73 bits per heavy atom. The first-order chi connectivity index (χ1) is 7.24. The summed E-state index contributed by atoms with van der Waals surface area (Å²) in [7, 11) is 0. The van der Waals surface area contributed by atoms with Crippen molar-refractivity contribution in [1.82, 2.24) is 10.2 Å². The highest BCUT2D eigenvalue weighted by atomic mass is 16.3. The zero-order valence-corrected chi connectivity index (χ0v) is 10.0. The molecule has 0 unspecified atom stereocenters. The van der Waals surface area contributed by atoms with Crippen molar-refractivity contribution in [1.29, 1.82) is 0 Å². The highest BCUT2D eigenvalue weighted by Gasteiger charge is 1.94. The van der Waals surface area contributed by atoms with Gasteiger partial charge in [0.1, 0.15) is 6.73 Å². The maximum atomic E-state index is 8.54. The summed E-state index contributed by atoms with van der Waals surface area (Å²) in [6, 6.07) is 0. The first kappa shape index (κ1) is 14.0. The fourth-order valence-electron chi connectivity index (χ4n) is 1.06. The molecule has 0 heterocycles. The Morgan fingerprint density at radius 2 is 2.20 bits per heavy atom. The van der Waals surface area contributed by atoms with Crippen molar-refractivity contribution in [3.63, 3.8) is 0 Å². The molecule has 0 saturated carbocycles. The number of allylic oxidation sites excluding steroid dienone is 1. The maximum Gasteiger partial charge on any atom is 0.112 e. The summed E-state index contributed by atoms with van der Waals surface area (Å²) in [5.74, 6) is 0. The van der Waals surface area contributed by atoms with E-state index in [-0.39, 0.29) is 6.73 Å². The molecule has 0 bridgehead atoms. The number of hydrogen-bond acceptors (Lipinski definition) is 3. The van der Waals surface area contributed by atoms with E-state index in [1.54, 1.807) is 6.20 Å². The third-order valence-electron chi connectivity index (χ3n) is 2.03. The van der Waals surface area contributed by atoms with Gasteiger partial charge >= 0.3 is 0 Å². The predicted molar refractivity (Wildman–Crippen MR) is 64.6 cm³/mol. The second kappa shape index (κ2) is 9.52. The minimum Gasteiger partial charge on any atom is -0.377 e. The highest BCUT2D eigenvalue weighted by Crippen LogP contribution is 1.95. The van der Waals surface area contributed by atoms with Gasteiger partial charge in [-0.25, -0.2) is 4.99 Å².